The molecule has 0 radical (unpaired) electrons. The van der Waals surface area contributed by atoms with E-state index in [1.54, 1.807) is 0 Å². The quantitative estimate of drug-likeness (QED) is 0.612. The van der Waals surface area contributed by atoms with Crippen LogP contribution in [0.5, 0.6) is 0 Å². The molecule has 1 heterocycles. The summed E-state index contributed by atoms with van der Waals surface area (Å²) in [7, 11) is 2.03. The lowest BCUT2D eigenvalue weighted by molar-refractivity contribution is 0.156. The molecule has 1 atom stereocenters. The van der Waals surface area contributed by atoms with Crippen LogP contribution in [0.4, 0.5) is 0 Å². The second-order valence-electron chi connectivity index (χ2n) is 2.93. The van der Waals surface area contributed by atoms with Crippen molar-refractivity contribution in [3.63, 3.8) is 0 Å². The molecule has 11 heavy (non-hydrogen) atoms. The number of nitrogens with zero attached hydrogens (tertiary/aromatic N) is 3. The van der Waals surface area contributed by atoms with Crippen LogP contribution in [-0.2, 0) is 0 Å². The number of hydrogen-bond donors (Lipinski definition) is 0. The van der Waals surface area contributed by atoms with Crippen molar-refractivity contribution in [3.05, 3.63) is 0 Å². The molecule has 1 unspecified atom stereocenters. The van der Waals surface area contributed by atoms with E-state index in [1.165, 1.54) is 6.42 Å². The molecule has 1 aliphatic heterocycles. The lowest BCUT2D eigenvalue weighted by atomic mass is 10.3. The average molecular weight is 155 g/mol. The zero-order chi connectivity index (χ0) is 8.27. The van der Waals surface area contributed by atoms with E-state index in [1.807, 2.05) is 18.4 Å². The second kappa shape index (κ2) is 3.60. The van der Waals surface area contributed by atoms with E-state index < -0.39 is 0 Å². The topological polar surface area (TPSA) is 18.8 Å². The van der Waals surface area contributed by atoms with E-state index in [4.69, 9.17) is 0 Å². The fraction of sp³-hybridized carbons (Fsp3) is 0.875. The van der Waals surface area contributed by atoms with Crippen molar-refractivity contribution in [1.82, 2.24) is 9.91 Å². The van der Waals surface area contributed by atoms with Crippen molar-refractivity contribution < 1.29 is 0 Å². The van der Waals surface area contributed by atoms with Gasteiger partial charge in [-0.15, -0.1) is 0 Å². The summed E-state index contributed by atoms with van der Waals surface area (Å²) in [6, 6.07) is 0. The summed E-state index contributed by atoms with van der Waals surface area (Å²) >= 11 is 0. The molecule has 1 rings (SSSR count). The maximum absolute atomic E-state index is 4.22. The highest BCUT2D eigenvalue weighted by Crippen LogP contribution is 2.12. The van der Waals surface area contributed by atoms with Crippen molar-refractivity contribution in [3.8, 4) is 0 Å². The third-order valence-corrected chi connectivity index (χ3v) is 2.04. The van der Waals surface area contributed by atoms with Crippen molar-refractivity contribution in [2.75, 3.05) is 13.6 Å². The first-order chi connectivity index (χ1) is 5.29. The summed E-state index contributed by atoms with van der Waals surface area (Å²) in [5.74, 6) is 0. The van der Waals surface area contributed by atoms with E-state index in [2.05, 4.69) is 23.8 Å². The Morgan fingerprint density at radius 1 is 1.45 bits per heavy atom. The third kappa shape index (κ3) is 1.64. The molecule has 0 amide bonds. The molecule has 0 N–H and O–H groups in total. The molecule has 0 aromatic carbocycles. The van der Waals surface area contributed by atoms with E-state index in [9.17, 15) is 0 Å². The summed E-state index contributed by atoms with van der Waals surface area (Å²) in [4.78, 5) is 2.29. The van der Waals surface area contributed by atoms with E-state index >= 15 is 0 Å². The van der Waals surface area contributed by atoms with Crippen LogP contribution in [0, 0.1) is 0 Å². The maximum Gasteiger partial charge on any atom is 0.118 e. The standard InChI is InChI=1S/C8H17N3/c1-4-6-11-7-9-10(3)8(11)5-2/h7-8H,4-6H2,1-3H3. The molecular weight excluding hydrogens is 138 g/mol. The summed E-state index contributed by atoms with van der Waals surface area (Å²) < 4.78 is 0. The van der Waals surface area contributed by atoms with Gasteiger partial charge in [0.25, 0.3) is 0 Å². The van der Waals surface area contributed by atoms with Gasteiger partial charge in [0.2, 0.25) is 0 Å². The highest BCUT2D eigenvalue weighted by molar-refractivity contribution is 5.56. The van der Waals surface area contributed by atoms with Crippen molar-refractivity contribution in [1.29, 1.82) is 0 Å². The summed E-state index contributed by atoms with van der Waals surface area (Å²) in [6.45, 7) is 5.50. The van der Waals surface area contributed by atoms with Gasteiger partial charge in [0.1, 0.15) is 12.5 Å². The van der Waals surface area contributed by atoms with Gasteiger partial charge in [0.15, 0.2) is 0 Å². The Balaban J connectivity index is 2.46. The first-order valence-corrected chi connectivity index (χ1v) is 4.32. The highest BCUT2D eigenvalue weighted by atomic mass is 15.6. The molecular formula is C8H17N3. The van der Waals surface area contributed by atoms with Crippen LogP contribution in [0.25, 0.3) is 0 Å². The molecule has 0 fully saturated rings. The fourth-order valence-corrected chi connectivity index (χ4v) is 1.48. The zero-order valence-electron chi connectivity index (χ0n) is 7.62. The molecule has 0 bridgehead atoms. The molecule has 0 aliphatic carbocycles. The molecule has 3 heteroatoms. The van der Waals surface area contributed by atoms with Crippen molar-refractivity contribution in [2.45, 2.75) is 32.9 Å². The van der Waals surface area contributed by atoms with Crippen LogP contribution in [0.2, 0.25) is 0 Å². The predicted octanol–water partition coefficient (Wildman–Crippen LogP) is 1.32. The van der Waals surface area contributed by atoms with Gasteiger partial charge in [0.05, 0.1) is 0 Å². The smallest absolute Gasteiger partial charge is 0.118 e. The minimum atomic E-state index is 0.495. The van der Waals surface area contributed by atoms with Crippen LogP contribution < -0.4 is 0 Å². The zero-order valence-corrected chi connectivity index (χ0v) is 7.62. The van der Waals surface area contributed by atoms with E-state index in [0.717, 1.165) is 13.0 Å². The molecule has 0 saturated carbocycles. The Labute approximate surface area is 68.7 Å². The van der Waals surface area contributed by atoms with Gasteiger partial charge in [0, 0.05) is 13.6 Å². The summed E-state index contributed by atoms with van der Waals surface area (Å²) in [5, 5.41) is 6.25. The van der Waals surface area contributed by atoms with Gasteiger partial charge < -0.3 is 4.90 Å². The van der Waals surface area contributed by atoms with Gasteiger partial charge in [-0.3, -0.25) is 5.01 Å². The van der Waals surface area contributed by atoms with Crippen molar-refractivity contribution >= 4 is 6.34 Å². The molecule has 3 nitrogen and oxygen atoms in total. The van der Waals surface area contributed by atoms with Crippen LogP contribution in [0.1, 0.15) is 26.7 Å². The van der Waals surface area contributed by atoms with Gasteiger partial charge in [-0.2, -0.15) is 5.10 Å². The van der Waals surface area contributed by atoms with Gasteiger partial charge in [-0.25, -0.2) is 0 Å². The molecule has 64 valence electrons. The average Bonchev–Trinajstić information content (AvgIpc) is 2.33. The fourth-order valence-electron chi connectivity index (χ4n) is 1.48. The van der Waals surface area contributed by atoms with Crippen LogP contribution in [0.3, 0.4) is 0 Å². The van der Waals surface area contributed by atoms with Gasteiger partial charge in [-0.1, -0.05) is 13.8 Å². The first-order valence-electron chi connectivity index (χ1n) is 4.32. The Hall–Kier alpha value is -0.730. The van der Waals surface area contributed by atoms with Crippen molar-refractivity contribution in [2.24, 2.45) is 5.10 Å². The summed E-state index contributed by atoms with van der Waals surface area (Å²) in [6.07, 6.45) is 4.76. The lowest BCUT2D eigenvalue weighted by Crippen LogP contribution is -2.37. The SMILES string of the molecule is CCCN1C=NN(C)C1CC. The summed E-state index contributed by atoms with van der Waals surface area (Å²) in [5.41, 5.74) is 0. The maximum atomic E-state index is 4.22. The number of rotatable bonds is 3. The molecule has 0 saturated heterocycles. The third-order valence-electron chi connectivity index (χ3n) is 2.04. The monoisotopic (exact) mass is 155 g/mol. The molecule has 1 aliphatic rings. The van der Waals surface area contributed by atoms with Crippen LogP contribution >= 0.6 is 0 Å². The first kappa shape index (κ1) is 8.37. The number of hydrazone groups is 1. The Morgan fingerprint density at radius 3 is 2.73 bits per heavy atom. The Bertz CT molecular complexity index is 144. The largest absolute Gasteiger partial charge is 0.339 e. The molecule has 0 spiro atoms. The van der Waals surface area contributed by atoms with Gasteiger partial charge >= 0.3 is 0 Å². The molecule has 0 aromatic rings. The van der Waals surface area contributed by atoms with E-state index in [0.29, 0.717) is 6.17 Å². The van der Waals surface area contributed by atoms with E-state index in [-0.39, 0.29) is 0 Å². The normalized spacial score (nSPS) is 23.4. The predicted molar refractivity (Wildman–Crippen MR) is 47.3 cm³/mol. The lowest BCUT2D eigenvalue weighted by Gasteiger charge is -2.26. The second-order valence-corrected chi connectivity index (χ2v) is 2.93. The minimum absolute atomic E-state index is 0.495. The Morgan fingerprint density at radius 2 is 2.18 bits per heavy atom. The Kier molecular flexibility index (Phi) is 2.74. The highest BCUT2D eigenvalue weighted by Gasteiger charge is 2.21. The van der Waals surface area contributed by atoms with Crippen LogP contribution in [0.15, 0.2) is 5.10 Å². The number of hydrogen-bond acceptors (Lipinski definition) is 3. The molecule has 0 aromatic heterocycles. The van der Waals surface area contributed by atoms with Crippen LogP contribution in [-0.4, -0.2) is 36.0 Å². The minimum Gasteiger partial charge on any atom is -0.339 e. The van der Waals surface area contributed by atoms with Gasteiger partial charge in [-0.05, 0) is 12.8 Å².